The number of methoxy groups -OCH3 is 1. The molecule has 2 heterocycles. The largest absolute Gasteiger partial charge is 0.380 e. The highest BCUT2D eigenvalue weighted by Crippen LogP contribution is 2.33. The molecule has 0 aliphatic rings. The van der Waals surface area contributed by atoms with Crippen LogP contribution in [-0.4, -0.2) is 17.6 Å². The van der Waals surface area contributed by atoms with E-state index in [0.29, 0.717) is 12.2 Å². The van der Waals surface area contributed by atoms with Crippen LogP contribution in [0.25, 0.3) is 21.8 Å². The Labute approximate surface area is 149 Å². The minimum Gasteiger partial charge on any atom is -0.380 e. The van der Waals surface area contributed by atoms with Crippen LogP contribution in [0.4, 0.5) is 0 Å². The van der Waals surface area contributed by atoms with Crippen LogP contribution >= 0.6 is 11.3 Å². The highest BCUT2D eigenvalue weighted by Gasteiger charge is 2.17. The Morgan fingerprint density at radius 1 is 1.16 bits per heavy atom. The molecule has 0 bridgehead atoms. The Bertz CT molecular complexity index is 1060. The molecule has 0 aliphatic heterocycles. The first-order chi connectivity index (χ1) is 12.2. The summed E-state index contributed by atoms with van der Waals surface area (Å²) in [6, 6.07) is 16.1. The fourth-order valence-electron chi connectivity index (χ4n) is 3.38. The maximum absolute atomic E-state index is 11.9. The Hall–Kier alpha value is -2.63. The van der Waals surface area contributed by atoms with Crippen molar-refractivity contribution in [2.75, 3.05) is 7.11 Å². The zero-order valence-corrected chi connectivity index (χ0v) is 14.7. The second-order valence-electron chi connectivity index (χ2n) is 6.01. The van der Waals surface area contributed by atoms with Gasteiger partial charge in [0, 0.05) is 33.8 Å². The monoisotopic (exact) mass is 350 g/mol. The van der Waals surface area contributed by atoms with Crippen LogP contribution in [0.3, 0.4) is 0 Å². The van der Waals surface area contributed by atoms with E-state index in [1.807, 2.05) is 18.2 Å². The molecule has 126 valence electrons. The van der Waals surface area contributed by atoms with Gasteiger partial charge in [-0.3, -0.25) is 4.79 Å². The molecule has 5 heteroatoms. The number of thiophene rings is 1. The predicted molar refractivity (Wildman–Crippen MR) is 102 cm³/mol. The van der Waals surface area contributed by atoms with Gasteiger partial charge in [-0.1, -0.05) is 24.3 Å². The number of ether oxygens (including phenoxy) is 1. The third kappa shape index (κ3) is 2.71. The number of carbonyl (C=O) groups excluding carboxylic acids is 1. The molecule has 25 heavy (non-hydrogen) atoms. The number of benzene rings is 2. The summed E-state index contributed by atoms with van der Waals surface area (Å²) in [6.07, 6.45) is 0. The molecule has 0 spiro atoms. The van der Waals surface area contributed by atoms with Crippen molar-refractivity contribution in [3.63, 3.8) is 0 Å². The molecule has 0 unspecified atom stereocenters. The summed E-state index contributed by atoms with van der Waals surface area (Å²) in [5.41, 5.74) is 9.40. The van der Waals surface area contributed by atoms with Crippen LogP contribution in [0.1, 0.15) is 20.8 Å². The number of aromatic nitrogens is 1. The van der Waals surface area contributed by atoms with Gasteiger partial charge < -0.3 is 15.0 Å². The Morgan fingerprint density at radius 2 is 2.04 bits per heavy atom. The van der Waals surface area contributed by atoms with Crippen LogP contribution in [0.15, 0.2) is 53.9 Å². The minimum absolute atomic E-state index is 0.401. The second-order valence-corrected chi connectivity index (χ2v) is 7.05. The smallest absolute Gasteiger partial charge is 0.249 e. The van der Waals surface area contributed by atoms with Crippen molar-refractivity contribution in [2.45, 2.75) is 13.2 Å². The molecule has 0 atom stereocenters. The van der Waals surface area contributed by atoms with E-state index in [-0.39, 0.29) is 0 Å². The summed E-state index contributed by atoms with van der Waals surface area (Å²) < 4.78 is 7.53. The van der Waals surface area contributed by atoms with E-state index in [9.17, 15) is 4.79 Å². The number of hydrogen-bond acceptors (Lipinski definition) is 3. The van der Waals surface area contributed by atoms with E-state index in [4.69, 9.17) is 10.5 Å². The van der Waals surface area contributed by atoms with Crippen molar-refractivity contribution < 1.29 is 9.53 Å². The van der Waals surface area contributed by atoms with Gasteiger partial charge in [-0.25, -0.2) is 0 Å². The van der Waals surface area contributed by atoms with Crippen LogP contribution in [-0.2, 0) is 17.9 Å². The third-order valence-electron chi connectivity index (χ3n) is 4.43. The van der Waals surface area contributed by atoms with Gasteiger partial charge in [0.2, 0.25) is 5.91 Å². The van der Waals surface area contributed by atoms with Crippen LogP contribution in [0.5, 0.6) is 0 Å². The average Bonchev–Trinajstić information content (AvgIpc) is 3.22. The molecule has 2 aromatic heterocycles. The Kier molecular flexibility index (Phi) is 4.03. The first-order valence-corrected chi connectivity index (χ1v) is 8.92. The van der Waals surface area contributed by atoms with E-state index >= 15 is 0 Å². The molecule has 0 aliphatic carbocycles. The highest BCUT2D eigenvalue weighted by atomic mass is 32.1. The maximum Gasteiger partial charge on any atom is 0.249 e. The first-order valence-electron chi connectivity index (χ1n) is 8.04. The standard InChI is InChI=1S/C20H18N2O2S/c1-24-12-13-7-8-15-18(10-13)22(11-14-4-3-9-25-14)17-6-2-5-16(19(15)17)20(21)23/h2-10H,11-12H2,1H3,(H2,21,23). The number of primary amides is 1. The third-order valence-corrected chi connectivity index (χ3v) is 5.29. The Morgan fingerprint density at radius 3 is 2.76 bits per heavy atom. The van der Waals surface area contributed by atoms with Crippen LogP contribution in [0, 0.1) is 0 Å². The average molecular weight is 350 g/mol. The lowest BCUT2D eigenvalue weighted by Crippen LogP contribution is -2.11. The van der Waals surface area contributed by atoms with Crippen molar-refractivity contribution in [1.82, 2.24) is 4.57 Å². The van der Waals surface area contributed by atoms with E-state index in [1.54, 1.807) is 24.5 Å². The van der Waals surface area contributed by atoms with Crippen molar-refractivity contribution >= 4 is 39.0 Å². The van der Waals surface area contributed by atoms with Crippen molar-refractivity contribution in [2.24, 2.45) is 5.73 Å². The molecule has 1 amide bonds. The van der Waals surface area contributed by atoms with Gasteiger partial charge >= 0.3 is 0 Å². The van der Waals surface area contributed by atoms with Gasteiger partial charge in [0.1, 0.15) is 0 Å². The molecule has 2 aromatic carbocycles. The van der Waals surface area contributed by atoms with Crippen LogP contribution < -0.4 is 5.73 Å². The van der Waals surface area contributed by atoms with E-state index in [2.05, 4.69) is 34.2 Å². The molecule has 4 aromatic rings. The van der Waals surface area contributed by atoms with Gasteiger partial charge in [0.25, 0.3) is 0 Å². The number of fused-ring (bicyclic) bond motifs is 3. The van der Waals surface area contributed by atoms with Crippen LogP contribution in [0.2, 0.25) is 0 Å². The summed E-state index contributed by atoms with van der Waals surface area (Å²) in [5, 5.41) is 4.04. The normalized spacial score (nSPS) is 11.4. The topological polar surface area (TPSA) is 57.2 Å². The van der Waals surface area contributed by atoms with Gasteiger partial charge in [0.05, 0.1) is 18.7 Å². The van der Waals surface area contributed by atoms with Gasteiger partial charge in [-0.05, 0) is 35.2 Å². The van der Waals surface area contributed by atoms with E-state index < -0.39 is 5.91 Å². The predicted octanol–water partition coefficient (Wildman–Crippen LogP) is 4.15. The number of hydrogen-bond donors (Lipinski definition) is 1. The number of nitrogens with zero attached hydrogens (tertiary/aromatic N) is 1. The molecule has 0 fully saturated rings. The lowest BCUT2D eigenvalue weighted by atomic mass is 10.0. The number of amides is 1. The van der Waals surface area contributed by atoms with E-state index in [0.717, 1.165) is 33.9 Å². The molecule has 0 radical (unpaired) electrons. The zero-order valence-electron chi connectivity index (χ0n) is 13.9. The molecule has 0 saturated heterocycles. The van der Waals surface area contributed by atoms with Crippen molar-refractivity contribution in [1.29, 1.82) is 0 Å². The molecule has 4 rings (SSSR count). The van der Waals surface area contributed by atoms with Gasteiger partial charge in [-0.15, -0.1) is 11.3 Å². The minimum atomic E-state index is -0.401. The molecule has 0 saturated carbocycles. The quantitative estimate of drug-likeness (QED) is 0.588. The lowest BCUT2D eigenvalue weighted by Gasteiger charge is -2.07. The highest BCUT2D eigenvalue weighted by molar-refractivity contribution is 7.09. The summed E-state index contributed by atoms with van der Waals surface area (Å²) in [6.45, 7) is 1.31. The van der Waals surface area contributed by atoms with E-state index in [1.165, 1.54) is 4.88 Å². The molecule has 4 nitrogen and oxygen atoms in total. The van der Waals surface area contributed by atoms with Gasteiger partial charge in [-0.2, -0.15) is 0 Å². The first kappa shape index (κ1) is 15.9. The maximum atomic E-state index is 11.9. The lowest BCUT2D eigenvalue weighted by molar-refractivity contribution is 0.100. The second kappa shape index (κ2) is 6.35. The summed E-state index contributed by atoms with van der Waals surface area (Å²) >= 11 is 1.73. The molecule has 2 N–H and O–H groups in total. The molecular formula is C20H18N2O2S. The summed E-state index contributed by atoms with van der Waals surface area (Å²) in [5.74, 6) is -0.401. The summed E-state index contributed by atoms with van der Waals surface area (Å²) in [4.78, 5) is 13.2. The number of rotatable bonds is 5. The van der Waals surface area contributed by atoms with Gasteiger partial charge in [0.15, 0.2) is 0 Å². The van der Waals surface area contributed by atoms with Crippen molar-refractivity contribution in [3.8, 4) is 0 Å². The van der Waals surface area contributed by atoms with Crippen molar-refractivity contribution in [3.05, 3.63) is 69.9 Å². The Balaban J connectivity index is 2.05. The SMILES string of the molecule is COCc1ccc2c3c(C(N)=O)cccc3n(Cc3cccs3)c2c1. The number of carbonyl (C=O) groups is 1. The fraction of sp³-hybridized carbons (Fsp3) is 0.150. The molecular weight excluding hydrogens is 332 g/mol. The number of nitrogens with two attached hydrogens (primary N) is 1. The fourth-order valence-corrected chi connectivity index (χ4v) is 4.07. The zero-order chi connectivity index (χ0) is 17.4. The summed E-state index contributed by atoms with van der Waals surface area (Å²) in [7, 11) is 1.69.